The Morgan fingerprint density at radius 1 is 1.67 bits per heavy atom. The smallest absolute Gasteiger partial charge is 0.0580 e. The van der Waals surface area contributed by atoms with E-state index in [0.29, 0.717) is 0 Å². The van der Waals surface area contributed by atoms with Gasteiger partial charge in [-0.3, -0.25) is 4.98 Å². The molecule has 0 unspecified atom stereocenters. The van der Waals surface area contributed by atoms with Crippen molar-refractivity contribution in [3.8, 4) is 0 Å². The summed E-state index contributed by atoms with van der Waals surface area (Å²) in [5.41, 5.74) is 0.998. The van der Waals surface area contributed by atoms with Gasteiger partial charge in [-0.05, 0) is 28.1 Å². The molecule has 2 heteroatoms. The highest BCUT2D eigenvalue weighted by atomic mass is 79.9. The quantitative estimate of drug-likeness (QED) is 0.654. The second kappa shape index (κ2) is 2.97. The molecule has 1 aromatic rings. The van der Waals surface area contributed by atoms with E-state index in [4.69, 9.17) is 0 Å². The molecule has 1 heterocycles. The van der Waals surface area contributed by atoms with Crippen LogP contribution < -0.4 is 0 Å². The molecule has 0 atom stereocenters. The van der Waals surface area contributed by atoms with Crippen molar-refractivity contribution in [2.75, 3.05) is 0 Å². The molecule has 0 aliphatic heterocycles. The lowest BCUT2D eigenvalue weighted by Gasteiger charge is -1.95. The van der Waals surface area contributed by atoms with Crippen molar-refractivity contribution in [3.05, 3.63) is 34.9 Å². The first-order valence-electron chi connectivity index (χ1n) is 2.74. The van der Waals surface area contributed by atoms with Gasteiger partial charge in [0.2, 0.25) is 0 Å². The Labute approximate surface area is 63.2 Å². The fourth-order valence-corrected chi connectivity index (χ4v) is 1.09. The number of halogens is 1. The third-order valence-electron chi connectivity index (χ3n) is 1.06. The number of pyridine rings is 1. The van der Waals surface area contributed by atoms with Crippen LogP contribution in [0.15, 0.2) is 22.8 Å². The van der Waals surface area contributed by atoms with Gasteiger partial charge in [-0.25, -0.2) is 0 Å². The summed E-state index contributed by atoms with van der Waals surface area (Å²) < 4.78 is 1.05. The summed E-state index contributed by atoms with van der Waals surface area (Å²) in [5.74, 6) is 0. The molecule has 1 aromatic heterocycles. The molecule has 0 fully saturated rings. The van der Waals surface area contributed by atoms with Gasteiger partial charge in [-0.1, -0.05) is 6.92 Å². The molecule has 0 N–H and O–H groups in total. The molecule has 9 heavy (non-hydrogen) atoms. The fourth-order valence-electron chi connectivity index (χ4n) is 0.610. The minimum Gasteiger partial charge on any atom is -0.260 e. The summed E-state index contributed by atoms with van der Waals surface area (Å²) in [7, 11) is 0. The largest absolute Gasteiger partial charge is 0.260 e. The Balaban J connectivity index is 3.01. The van der Waals surface area contributed by atoms with Gasteiger partial charge in [-0.2, -0.15) is 0 Å². The van der Waals surface area contributed by atoms with E-state index in [1.807, 2.05) is 25.5 Å². The van der Waals surface area contributed by atoms with Crippen molar-refractivity contribution in [1.29, 1.82) is 0 Å². The molecule has 0 aliphatic rings. The van der Waals surface area contributed by atoms with Crippen LogP contribution >= 0.6 is 15.9 Å². The predicted octanol–water partition coefficient (Wildman–Crippen LogP) is 2.42. The Kier molecular flexibility index (Phi) is 2.22. The van der Waals surface area contributed by atoms with Gasteiger partial charge in [0.05, 0.1) is 5.69 Å². The molecule has 0 spiro atoms. The van der Waals surface area contributed by atoms with Gasteiger partial charge in [0.15, 0.2) is 0 Å². The lowest BCUT2D eigenvalue weighted by Crippen LogP contribution is -1.83. The summed E-state index contributed by atoms with van der Waals surface area (Å²) in [6.07, 6.45) is 3.74. The number of hydrogen-bond donors (Lipinski definition) is 0. The summed E-state index contributed by atoms with van der Waals surface area (Å²) in [5, 5.41) is 0. The standard InChI is InChI=1S/C7H7BrN/c1-2-7-6(8)4-3-5-9-7/h2-5H,1H3. The van der Waals surface area contributed by atoms with Crippen LogP contribution in [0.5, 0.6) is 0 Å². The van der Waals surface area contributed by atoms with E-state index in [9.17, 15) is 0 Å². The highest BCUT2D eigenvalue weighted by molar-refractivity contribution is 9.10. The molecule has 0 aliphatic carbocycles. The summed E-state index contributed by atoms with van der Waals surface area (Å²) in [6.45, 7) is 1.97. The molecular formula is C7H7BrN. The van der Waals surface area contributed by atoms with E-state index in [-0.39, 0.29) is 0 Å². The van der Waals surface area contributed by atoms with Crippen molar-refractivity contribution in [2.24, 2.45) is 0 Å². The maximum absolute atomic E-state index is 4.09. The van der Waals surface area contributed by atoms with Crippen molar-refractivity contribution >= 4 is 15.9 Å². The van der Waals surface area contributed by atoms with Gasteiger partial charge in [0.25, 0.3) is 0 Å². The maximum atomic E-state index is 4.09. The Morgan fingerprint density at radius 2 is 2.44 bits per heavy atom. The van der Waals surface area contributed by atoms with Crippen molar-refractivity contribution in [2.45, 2.75) is 6.92 Å². The summed E-state index contributed by atoms with van der Waals surface area (Å²) in [6, 6.07) is 3.87. The number of hydrogen-bond acceptors (Lipinski definition) is 1. The van der Waals surface area contributed by atoms with Crippen LogP contribution in [0, 0.1) is 6.42 Å². The van der Waals surface area contributed by atoms with Crippen molar-refractivity contribution in [1.82, 2.24) is 4.98 Å². The normalized spacial score (nSPS) is 9.56. The molecule has 0 bridgehead atoms. The van der Waals surface area contributed by atoms with Crippen LogP contribution in [0.1, 0.15) is 12.6 Å². The highest BCUT2D eigenvalue weighted by Gasteiger charge is 1.93. The van der Waals surface area contributed by atoms with E-state index in [2.05, 4.69) is 20.9 Å². The van der Waals surface area contributed by atoms with Gasteiger partial charge >= 0.3 is 0 Å². The molecule has 1 radical (unpaired) electrons. The molecular weight excluding hydrogens is 178 g/mol. The van der Waals surface area contributed by atoms with Crippen LogP contribution in [-0.4, -0.2) is 4.98 Å². The van der Waals surface area contributed by atoms with Gasteiger partial charge in [-0.15, -0.1) is 0 Å². The van der Waals surface area contributed by atoms with Gasteiger partial charge in [0, 0.05) is 17.1 Å². The van der Waals surface area contributed by atoms with E-state index in [1.54, 1.807) is 6.20 Å². The SMILES string of the molecule is C[CH]c1ncccc1Br. The highest BCUT2D eigenvalue weighted by Crippen LogP contribution is 2.13. The lowest BCUT2D eigenvalue weighted by atomic mass is 10.3. The summed E-state index contributed by atoms with van der Waals surface area (Å²) >= 11 is 3.36. The van der Waals surface area contributed by atoms with Crippen molar-refractivity contribution in [3.63, 3.8) is 0 Å². The summed E-state index contributed by atoms with van der Waals surface area (Å²) in [4.78, 5) is 4.09. The van der Waals surface area contributed by atoms with Gasteiger partial charge in [0.1, 0.15) is 0 Å². The number of nitrogens with zero attached hydrogens (tertiary/aromatic N) is 1. The third-order valence-corrected chi connectivity index (χ3v) is 1.73. The van der Waals surface area contributed by atoms with Gasteiger partial charge < -0.3 is 0 Å². The molecule has 0 amide bonds. The van der Waals surface area contributed by atoms with E-state index < -0.39 is 0 Å². The van der Waals surface area contributed by atoms with Crippen LogP contribution in [0.25, 0.3) is 0 Å². The Hall–Kier alpha value is -0.370. The first-order valence-corrected chi connectivity index (χ1v) is 3.54. The fraction of sp³-hybridized carbons (Fsp3) is 0.143. The van der Waals surface area contributed by atoms with E-state index in [0.717, 1.165) is 10.2 Å². The Morgan fingerprint density at radius 3 is 2.89 bits per heavy atom. The minimum absolute atomic E-state index is 0.998. The zero-order valence-electron chi connectivity index (χ0n) is 5.13. The molecule has 0 aromatic carbocycles. The Bertz CT molecular complexity index is 198. The number of aromatic nitrogens is 1. The average Bonchev–Trinajstić information content (AvgIpc) is 1.89. The zero-order chi connectivity index (χ0) is 6.69. The zero-order valence-corrected chi connectivity index (χ0v) is 6.72. The second-order valence-corrected chi connectivity index (χ2v) is 2.51. The number of rotatable bonds is 1. The van der Waals surface area contributed by atoms with E-state index in [1.165, 1.54) is 0 Å². The van der Waals surface area contributed by atoms with Crippen LogP contribution in [0.3, 0.4) is 0 Å². The average molecular weight is 185 g/mol. The van der Waals surface area contributed by atoms with Crippen LogP contribution in [0.4, 0.5) is 0 Å². The third kappa shape index (κ3) is 1.52. The topological polar surface area (TPSA) is 12.9 Å². The first kappa shape index (κ1) is 6.75. The molecule has 0 saturated heterocycles. The second-order valence-electron chi connectivity index (χ2n) is 1.66. The van der Waals surface area contributed by atoms with Crippen molar-refractivity contribution < 1.29 is 0 Å². The molecule has 1 nitrogen and oxygen atoms in total. The minimum atomic E-state index is 0.998. The predicted molar refractivity (Wildman–Crippen MR) is 41.0 cm³/mol. The monoisotopic (exact) mass is 184 g/mol. The molecule has 47 valence electrons. The molecule has 0 saturated carbocycles. The van der Waals surface area contributed by atoms with E-state index >= 15 is 0 Å². The maximum Gasteiger partial charge on any atom is 0.0580 e. The van der Waals surface area contributed by atoms with Crippen LogP contribution in [-0.2, 0) is 0 Å². The first-order chi connectivity index (χ1) is 4.34. The van der Waals surface area contributed by atoms with Crippen LogP contribution in [0.2, 0.25) is 0 Å². The lowest BCUT2D eigenvalue weighted by molar-refractivity contribution is 1.18. The molecule has 1 rings (SSSR count).